The maximum absolute atomic E-state index is 11.6. The van der Waals surface area contributed by atoms with E-state index in [9.17, 15) is 19.5 Å². The summed E-state index contributed by atoms with van der Waals surface area (Å²) < 4.78 is 4.91. The van der Waals surface area contributed by atoms with Crippen molar-refractivity contribution in [2.75, 3.05) is 13.2 Å². The number of likely N-dealkylation sites (tertiary alicyclic amines) is 1. The van der Waals surface area contributed by atoms with Crippen LogP contribution in [0.3, 0.4) is 0 Å². The lowest BCUT2D eigenvalue weighted by molar-refractivity contribution is 0.0526. The number of amides is 1. The highest BCUT2D eigenvalue weighted by Crippen LogP contribution is 2.33. The highest BCUT2D eigenvalue weighted by Gasteiger charge is 2.30. The number of carbonyl (C=O) groups excluding carboxylic acids is 2. The molecule has 1 aliphatic heterocycles. The van der Waals surface area contributed by atoms with Crippen molar-refractivity contribution in [3.63, 3.8) is 0 Å². The quantitative estimate of drug-likeness (QED) is 0.685. The average molecular weight is 303 g/mol. The monoisotopic (exact) mass is 303 g/mol. The van der Waals surface area contributed by atoms with Gasteiger partial charge in [-0.3, -0.25) is 0 Å². The lowest BCUT2D eigenvalue weighted by atomic mass is 9.92. The van der Waals surface area contributed by atoms with Gasteiger partial charge >= 0.3 is 12.1 Å². The number of carboxylic acid groups (broad SMARTS) is 1. The van der Waals surface area contributed by atoms with Crippen LogP contribution < -0.4 is 0 Å². The lowest BCUT2D eigenvalue weighted by Crippen LogP contribution is -2.38. The van der Waals surface area contributed by atoms with Crippen LogP contribution in [0.2, 0.25) is 0 Å². The van der Waals surface area contributed by atoms with Crippen molar-refractivity contribution in [1.29, 1.82) is 0 Å². The van der Waals surface area contributed by atoms with Crippen molar-refractivity contribution >= 4 is 18.0 Å². The molecule has 1 N–H and O–H groups in total. The molecule has 0 unspecified atom stereocenters. The maximum Gasteiger partial charge on any atom is 0.407 e. The van der Waals surface area contributed by atoms with Gasteiger partial charge in [0, 0.05) is 18.5 Å². The highest BCUT2D eigenvalue weighted by atomic mass is 16.5. The second-order valence-electron chi connectivity index (χ2n) is 4.99. The van der Waals surface area contributed by atoms with Gasteiger partial charge in [-0.1, -0.05) is 12.1 Å². The van der Waals surface area contributed by atoms with Gasteiger partial charge in [0.15, 0.2) is 0 Å². The van der Waals surface area contributed by atoms with E-state index in [0.29, 0.717) is 30.6 Å². The lowest BCUT2D eigenvalue weighted by Gasteiger charge is -2.34. The van der Waals surface area contributed by atoms with Crippen LogP contribution in [0.5, 0.6) is 0 Å². The number of hydrogen-bond acceptors (Lipinski definition) is 4. The topological polar surface area (TPSA) is 83.9 Å². The van der Waals surface area contributed by atoms with E-state index in [1.54, 1.807) is 31.2 Å². The minimum atomic E-state index is -1.02. The predicted octanol–water partition coefficient (Wildman–Crippen LogP) is 2.44. The van der Waals surface area contributed by atoms with Crippen molar-refractivity contribution in [3.8, 4) is 0 Å². The third-order valence-electron chi connectivity index (χ3n) is 3.67. The molecule has 1 saturated heterocycles. The smallest absolute Gasteiger partial charge is 0.407 e. The zero-order valence-electron chi connectivity index (χ0n) is 12.2. The van der Waals surface area contributed by atoms with Crippen molar-refractivity contribution in [2.45, 2.75) is 25.8 Å². The molecule has 0 spiro atoms. The van der Waals surface area contributed by atoms with Crippen LogP contribution in [0.15, 0.2) is 29.8 Å². The number of rotatable bonds is 3. The van der Waals surface area contributed by atoms with E-state index in [1.165, 1.54) is 4.90 Å². The van der Waals surface area contributed by atoms with Gasteiger partial charge in [0.1, 0.15) is 5.94 Å². The summed E-state index contributed by atoms with van der Waals surface area (Å²) in [4.78, 5) is 35.1. The molecule has 0 aliphatic carbocycles. The summed E-state index contributed by atoms with van der Waals surface area (Å²) in [6.45, 7) is 2.29. The molecule has 1 heterocycles. The van der Waals surface area contributed by atoms with Crippen LogP contribution >= 0.6 is 0 Å². The number of esters is 1. The zero-order valence-corrected chi connectivity index (χ0v) is 12.2. The number of piperidine rings is 1. The maximum atomic E-state index is 11.6. The molecule has 1 aromatic carbocycles. The summed E-state index contributed by atoms with van der Waals surface area (Å²) in [5.74, 6) is 1.47. The van der Waals surface area contributed by atoms with Gasteiger partial charge in [0.05, 0.1) is 18.2 Å². The highest BCUT2D eigenvalue weighted by molar-refractivity contribution is 5.89. The van der Waals surface area contributed by atoms with Crippen LogP contribution in [0.1, 0.15) is 41.7 Å². The van der Waals surface area contributed by atoms with Gasteiger partial charge in [0.25, 0.3) is 0 Å². The largest absolute Gasteiger partial charge is 0.465 e. The number of nitrogens with zero attached hydrogens (tertiary/aromatic N) is 1. The third-order valence-corrected chi connectivity index (χ3v) is 3.67. The fraction of sp³-hybridized carbons (Fsp3) is 0.375. The minimum absolute atomic E-state index is 0.268. The number of carbonyl (C=O) groups is 2. The standard InChI is InChI=1S/C16H17NO5/c1-2-22-15(19)13-5-3-12(4-6-13)14-9-11(10-18)7-8-17(14)16(20)21/h3-6,14H,2,7-9H2,1H3,(H,20,21)/t14-/m0/s1. The molecular weight excluding hydrogens is 286 g/mol. The van der Waals surface area contributed by atoms with Gasteiger partial charge < -0.3 is 14.7 Å². The Hall–Kier alpha value is -2.59. The van der Waals surface area contributed by atoms with Crippen LogP contribution in [-0.4, -0.2) is 41.2 Å². The molecule has 0 bridgehead atoms. The molecule has 6 heteroatoms. The fourth-order valence-electron chi connectivity index (χ4n) is 2.53. The molecule has 0 radical (unpaired) electrons. The van der Waals surface area contributed by atoms with Gasteiger partial charge in [-0.2, -0.15) is 0 Å². The molecule has 6 nitrogen and oxygen atoms in total. The molecular formula is C16H17NO5. The van der Waals surface area contributed by atoms with Crippen molar-refractivity contribution < 1.29 is 24.2 Å². The third kappa shape index (κ3) is 3.35. The minimum Gasteiger partial charge on any atom is -0.465 e. The summed E-state index contributed by atoms with van der Waals surface area (Å²) in [5.41, 5.74) is 1.73. The number of benzene rings is 1. The van der Waals surface area contributed by atoms with Gasteiger partial charge in [-0.05, 0) is 31.0 Å². The Balaban J connectivity index is 2.25. The van der Waals surface area contributed by atoms with Gasteiger partial charge in [0.2, 0.25) is 0 Å². The van der Waals surface area contributed by atoms with Crippen LogP contribution in [0, 0.1) is 0 Å². The van der Waals surface area contributed by atoms with E-state index in [4.69, 9.17) is 4.74 Å². The van der Waals surface area contributed by atoms with Crippen LogP contribution in [0.25, 0.3) is 0 Å². The summed E-state index contributed by atoms with van der Waals surface area (Å²) in [6, 6.07) is 6.17. The Labute approximate surface area is 128 Å². The summed E-state index contributed by atoms with van der Waals surface area (Å²) >= 11 is 0. The Kier molecular flexibility index (Phi) is 4.96. The zero-order chi connectivity index (χ0) is 16.1. The Morgan fingerprint density at radius 2 is 2.05 bits per heavy atom. The first kappa shape index (κ1) is 15.8. The van der Waals surface area contributed by atoms with Crippen molar-refractivity contribution in [3.05, 3.63) is 41.0 Å². The number of hydrogen-bond donors (Lipinski definition) is 1. The molecule has 22 heavy (non-hydrogen) atoms. The van der Waals surface area contributed by atoms with Crippen molar-refractivity contribution in [1.82, 2.24) is 4.90 Å². The predicted molar refractivity (Wildman–Crippen MR) is 78.3 cm³/mol. The van der Waals surface area contributed by atoms with Crippen molar-refractivity contribution in [2.24, 2.45) is 0 Å². The van der Waals surface area contributed by atoms with E-state index >= 15 is 0 Å². The van der Waals surface area contributed by atoms with Crippen LogP contribution in [-0.2, 0) is 9.53 Å². The normalized spacial score (nSPS) is 17.8. The molecule has 1 aromatic rings. The Morgan fingerprint density at radius 1 is 1.36 bits per heavy atom. The molecule has 116 valence electrons. The molecule has 1 amide bonds. The summed E-state index contributed by atoms with van der Waals surface area (Å²) in [6.07, 6.45) is -0.286. The van der Waals surface area contributed by atoms with E-state index < -0.39 is 18.1 Å². The van der Waals surface area contributed by atoms with Gasteiger partial charge in [-0.15, -0.1) is 0 Å². The van der Waals surface area contributed by atoms with Gasteiger partial charge in [-0.25, -0.2) is 14.4 Å². The Morgan fingerprint density at radius 3 is 2.59 bits per heavy atom. The Bertz CT molecular complexity index is 616. The van der Waals surface area contributed by atoms with E-state index in [2.05, 4.69) is 0 Å². The summed E-state index contributed by atoms with van der Waals surface area (Å²) in [5, 5.41) is 9.29. The molecule has 2 rings (SSSR count). The average Bonchev–Trinajstić information content (AvgIpc) is 2.54. The van der Waals surface area contributed by atoms with E-state index in [0.717, 1.165) is 5.56 Å². The van der Waals surface area contributed by atoms with Crippen LogP contribution in [0.4, 0.5) is 4.79 Å². The van der Waals surface area contributed by atoms with E-state index in [1.807, 2.05) is 5.94 Å². The second kappa shape index (κ2) is 6.91. The SMILES string of the molecule is CCOC(=O)c1ccc([C@@H]2CC(=C=O)CCN2C(=O)O)cc1. The molecule has 0 saturated carbocycles. The first-order chi connectivity index (χ1) is 10.6. The number of ether oxygens (including phenoxy) is 1. The fourth-order valence-corrected chi connectivity index (χ4v) is 2.53. The first-order valence-electron chi connectivity index (χ1n) is 7.06. The summed E-state index contributed by atoms with van der Waals surface area (Å²) in [7, 11) is 0. The second-order valence-corrected chi connectivity index (χ2v) is 4.99. The first-order valence-corrected chi connectivity index (χ1v) is 7.06. The molecule has 1 atom stereocenters. The molecule has 1 fully saturated rings. The molecule has 1 aliphatic rings. The molecule has 0 aromatic heterocycles. The van der Waals surface area contributed by atoms with E-state index in [-0.39, 0.29) is 6.54 Å².